The highest BCUT2D eigenvalue weighted by molar-refractivity contribution is 6.24. The van der Waals surface area contributed by atoms with Crippen LogP contribution >= 0.6 is 0 Å². The first kappa shape index (κ1) is 28.0. The maximum absolute atomic E-state index is 13.7. The zero-order chi connectivity index (χ0) is 32.3. The number of amides is 2. The van der Waals surface area contributed by atoms with Crippen LogP contribution in [0.3, 0.4) is 0 Å². The third kappa shape index (κ3) is 4.50. The number of carbonyl (C=O) groups excluding carboxylic acids is 8. The number of rotatable bonds is 6. The van der Waals surface area contributed by atoms with Gasteiger partial charge in [-0.3, -0.25) is 14.5 Å². The summed E-state index contributed by atoms with van der Waals surface area (Å²) >= 11 is 0. The molecule has 2 amide bonds. The molecule has 46 heavy (non-hydrogen) atoms. The Morgan fingerprint density at radius 1 is 0.543 bits per heavy atom. The van der Waals surface area contributed by atoms with Gasteiger partial charge in [0.15, 0.2) is 0 Å². The van der Waals surface area contributed by atoms with Crippen LogP contribution in [0.25, 0.3) is 0 Å². The lowest BCUT2D eigenvalue weighted by Gasteiger charge is -2.14. The largest absolute Gasteiger partial charge is 0.422 e. The van der Waals surface area contributed by atoms with Crippen molar-refractivity contribution in [3.8, 4) is 11.5 Å². The summed E-state index contributed by atoms with van der Waals surface area (Å²) in [4.78, 5) is 102. The number of ether oxygens (including phenoxy) is 4. The van der Waals surface area contributed by atoms with Gasteiger partial charge in [0.2, 0.25) is 0 Å². The van der Waals surface area contributed by atoms with Crippen molar-refractivity contribution >= 4 is 47.6 Å². The SMILES string of the molecule is O=C(Oc1ccc(OC(=O)c2ccc3c(c2)C(=O)OC3=O)c2c1C(=O)N(Cc1ccccc1)C2=O)c1ccc2c(c1)C(=O)OC2=O. The summed E-state index contributed by atoms with van der Waals surface area (Å²) in [5.74, 6) is -8.02. The van der Waals surface area contributed by atoms with E-state index in [-0.39, 0.29) is 62.6 Å². The van der Waals surface area contributed by atoms with Gasteiger partial charge >= 0.3 is 35.8 Å². The first-order valence-corrected chi connectivity index (χ1v) is 13.4. The summed E-state index contributed by atoms with van der Waals surface area (Å²) in [6, 6.07) is 18.0. The molecule has 7 rings (SSSR count). The molecule has 0 spiro atoms. The molecule has 0 N–H and O–H groups in total. The summed E-state index contributed by atoms with van der Waals surface area (Å²) in [5.41, 5.74) is -0.768. The number of esters is 6. The summed E-state index contributed by atoms with van der Waals surface area (Å²) in [5, 5.41) is 0. The molecule has 0 bridgehead atoms. The minimum absolute atomic E-state index is 0.0298. The minimum Gasteiger partial charge on any atom is -0.422 e. The quantitative estimate of drug-likeness (QED) is 0.133. The van der Waals surface area contributed by atoms with Crippen LogP contribution in [0.1, 0.15) is 88.4 Å². The maximum Gasteiger partial charge on any atom is 0.346 e. The molecule has 0 unspecified atom stereocenters. The van der Waals surface area contributed by atoms with Crippen molar-refractivity contribution in [3.63, 3.8) is 0 Å². The van der Waals surface area contributed by atoms with Crippen LogP contribution in [-0.4, -0.2) is 52.5 Å². The average molecular weight is 617 g/mol. The highest BCUT2D eigenvalue weighted by Gasteiger charge is 2.42. The smallest absolute Gasteiger partial charge is 0.346 e. The van der Waals surface area contributed by atoms with Gasteiger partial charge in [-0.1, -0.05) is 30.3 Å². The van der Waals surface area contributed by atoms with E-state index in [4.69, 9.17) is 9.47 Å². The van der Waals surface area contributed by atoms with Crippen molar-refractivity contribution in [2.75, 3.05) is 0 Å². The average Bonchev–Trinajstić information content (AvgIpc) is 3.61. The lowest BCUT2D eigenvalue weighted by Crippen LogP contribution is -2.29. The molecule has 3 heterocycles. The van der Waals surface area contributed by atoms with E-state index in [1.165, 1.54) is 24.3 Å². The normalized spacial score (nSPS) is 14.5. The van der Waals surface area contributed by atoms with Crippen molar-refractivity contribution in [1.29, 1.82) is 0 Å². The second-order valence-corrected chi connectivity index (χ2v) is 10.1. The fourth-order valence-corrected chi connectivity index (χ4v) is 5.17. The van der Waals surface area contributed by atoms with Gasteiger partial charge in [0.05, 0.1) is 51.1 Å². The molecule has 0 saturated heterocycles. The van der Waals surface area contributed by atoms with Crippen molar-refractivity contribution in [1.82, 2.24) is 4.90 Å². The van der Waals surface area contributed by atoms with Crippen LogP contribution in [0.5, 0.6) is 11.5 Å². The summed E-state index contributed by atoms with van der Waals surface area (Å²) in [6.07, 6.45) is 0. The molecule has 13 nitrogen and oxygen atoms in total. The fourth-order valence-electron chi connectivity index (χ4n) is 5.17. The molecule has 0 atom stereocenters. The predicted octanol–water partition coefficient (Wildman–Crippen LogP) is 3.54. The summed E-state index contributed by atoms with van der Waals surface area (Å²) < 4.78 is 20.1. The van der Waals surface area contributed by atoms with Crippen LogP contribution in [0.15, 0.2) is 78.9 Å². The first-order valence-electron chi connectivity index (χ1n) is 13.4. The standard InChI is InChI=1S/C33H15NO12/c35-26-24-22(43-28(37)16-6-8-18-20(12-16)32(41)45-30(18)39)10-11-23(25(24)27(36)34(26)14-15-4-2-1-3-5-15)44-29(38)17-7-9-19-21(13-17)33(42)46-31(19)40/h1-13H,14H2. The topological polar surface area (TPSA) is 177 Å². The van der Waals surface area contributed by atoms with Crippen LogP contribution in [0, 0.1) is 0 Å². The van der Waals surface area contributed by atoms with Gasteiger partial charge < -0.3 is 18.9 Å². The Bertz CT molecular complexity index is 2000. The number of hydrogen-bond donors (Lipinski definition) is 0. The van der Waals surface area contributed by atoms with E-state index in [0.29, 0.717) is 5.56 Å². The zero-order valence-electron chi connectivity index (χ0n) is 23.1. The van der Waals surface area contributed by atoms with E-state index in [1.54, 1.807) is 30.3 Å². The molecule has 3 aliphatic heterocycles. The number of benzene rings is 4. The van der Waals surface area contributed by atoms with Gasteiger partial charge in [0, 0.05) is 0 Å². The number of nitrogens with zero attached hydrogens (tertiary/aromatic N) is 1. The summed E-state index contributed by atoms with van der Waals surface area (Å²) in [7, 11) is 0. The van der Waals surface area contributed by atoms with Crippen LogP contribution in [-0.2, 0) is 16.0 Å². The van der Waals surface area contributed by atoms with Gasteiger partial charge in [-0.2, -0.15) is 0 Å². The summed E-state index contributed by atoms with van der Waals surface area (Å²) in [6.45, 7) is -0.157. The van der Waals surface area contributed by atoms with Crippen molar-refractivity contribution in [2.45, 2.75) is 6.54 Å². The maximum atomic E-state index is 13.7. The Morgan fingerprint density at radius 2 is 0.978 bits per heavy atom. The Morgan fingerprint density at radius 3 is 1.43 bits per heavy atom. The van der Waals surface area contributed by atoms with E-state index in [0.717, 1.165) is 29.2 Å². The van der Waals surface area contributed by atoms with Gasteiger partial charge in [0.1, 0.15) is 11.5 Å². The van der Waals surface area contributed by atoms with Gasteiger partial charge in [-0.25, -0.2) is 28.8 Å². The van der Waals surface area contributed by atoms with Crippen LogP contribution in [0.2, 0.25) is 0 Å². The van der Waals surface area contributed by atoms with Crippen molar-refractivity contribution in [2.24, 2.45) is 0 Å². The number of cyclic esters (lactones) is 4. The molecule has 0 aromatic heterocycles. The zero-order valence-corrected chi connectivity index (χ0v) is 23.1. The molecule has 224 valence electrons. The molecular formula is C33H15NO12. The fraction of sp³-hybridized carbons (Fsp3) is 0.0303. The molecule has 0 aliphatic carbocycles. The lowest BCUT2D eigenvalue weighted by molar-refractivity contribution is 0.0425. The first-order chi connectivity index (χ1) is 22.1. The van der Waals surface area contributed by atoms with Crippen LogP contribution in [0.4, 0.5) is 0 Å². The second kappa shape index (κ2) is 10.4. The Labute approximate surface area is 256 Å². The number of hydrogen-bond acceptors (Lipinski definition) is 12. The Balaban J connectivity index is 1.24. The third-order valence-corrected chi connectivity index (χ3v) is 7.40. The van der Waals surface area contributed by atoms with Gasteiger partial charge in [0.25, 0.3) is 11.8 Å². The Hall–Kier alpha value is -6.76. The lowest BCUT2D eigenvalue weighted by atomic mass is 10.0. The Kier molecular flexibility index (Phi) is 6.37. The van der Waals surface area contributed by atoms with E-state index >= 15 is 0 Å². The second-order valence-electron chi connectivity index (χ2n) is 10.1. The predicted molar refractivity (Wildman–Crippen MR) is 149 cm³/mol. The van der Waals surface area contributed by atoms with Gasteiger partial charge in [-0.05, 0) is 54.1 Å². The third-order valence-electron chi connectivity index (χ3n) is 7.40. The van der Waals surface area contributed by atoms with E-state index in [1.807, 2.05) is 0 Å². The molecular weight excluding hydrogens is 602 g/mol. The van der Waals surface area contributed by atoms with Crippen molar-refractivity contribution < 1.29 is 57.3 Å². The highest BCUT2D eigenvalue weighted by Crippen LogP contribution is 2.39. The van der Waals surface area contributed by atoms with E-state index < -0.39 is 47.6 Å². The van der Waals surface area contributed by atoms with E-state index in [9.17, 15) is 38.4 Å². The van der Waals surface area contributed by atoms with Gasteiger partial charge in [-0.15, -0.1) is 0 Å². The number of imide groups is 1. The number of fused-ring (bicyclic) bond motifs is 3. The molecule has 0 saturated carbocycles. The monoisotopic (exact) mass is 617 g/mol. The molecule has 0 radical (unpaired) electrons. The number of carbonyl (C=O) groups is 8. The molecule has 13 heteroatoms. The minimum atomic E-state index is -1.02. The van der Waals surface area contributed by atoms with E-state index in [2.05, 4.69) is 9.47 Å². The molecule has 4 aromatic rings. The molecule has 3 aliphatic rings. The molecule has 4 aromatic carbocycles. The molecule has 0 fully saturated rings. The van der Waals surface area contributed by atoms with Crippen molar-refractivity contribution in [3.05, 3.63) is 129 Å². The highest BCUT2D eigenvalue weighted by atomic mass is 16.6. The van der Waals surface area contributed by atoms with Crippen LogP contribution < -0.4 is 9.47 Å².